The van der Waals surface area contributed by atoms with Gasteiger partial charge in [0.05, 0.1) is 21.6 Å². The van der Waals surface area contributed by atoms with E-state index < -0.39 is 57.0 Å². The van der Waals surface area contributed by atoms with Gasteiger partial charge >= 0.3 is 18.0 Å². The van der Waals surface area contributed by atoms with E-state index in [-0.39, 0.29) is 11.3 Å². The van der Waals surface area contributed by atoms with E-state index in [0.717, 1.165) is 37.5 Å². The number of nitrogens with zero attached hydrogens (tertiary/aromatic N) is 3. The van der Waals surface area contributed by atoms with Crippen molar-refractivity contribution in [1.82, 2.24) is 0 Å². The Kier molecular flexibility index (Phi) is 8.38. The van der Waals surface area contributed by atoms with E-state index in [1.54, 1.807) is 0 Å². The van der Waals surface area contributed by atoms with E-state index in [1.165, 1.54) is 6.08 Å². The highest BCUT2D eigenvalue weighted by molar-refractivity contribution is 5.96. The highest BCUT2D eigenvalue weighted by atomic mass is 19.4. The predicted molar refractivity (Wildman–Crippen MR) is 117 cm³/mol. The number of hydrogen-bond donors (Lipinski definition) is 2. The minimum absolute atomic E-state index is 0.213. The van der Waals surface area contributed by atoms with Crippen molar-refractivity contribution in [3.63, 3.8) is 0 Å². The van der Waals surface area contributed by atoms with Crippen LogP contribution in [-0.4, -0.2) is 38.6 Å². The molecule has 1 atom stereocenters. The molecule has 1 aliphatic carbocycles. The summed E-state index contributed by atoms with van der Waals surface area (Å²) in [5.74, 6) is -0.213. The predicted octanol–water partition coefficient (Wildman–Crippen LogP) is 6.29. The maximum Gasteiger partial charge on any atom is 0.426 e. The molecule has 0 radical (unpaired) electrons. The average Bonchev–Trinajstić information content (AvgIpc) is 2.74. The fourth-order valence-corrected chi connectivity index (χ4v) is 3.88. The lowest BCUT2D eigenvalue weighted by molar-refractivity contribution is -0.393. The molecule has 1 aliphatic rings. The van der Waals surface area contributed by atoms with Crippen molar-refractivity contribution in [3.05, 3.63) is 50.6 Å². The maximum atomic E-state index is 13.3. The van der Waals surface area contributed by atoms with Crippen LogP contribution in [0.15, 0.2) is 35.5 Å². The fourth-order valence-electron chi connectivity index (χ4n) is 3.88. The van der Waals surface area contributed by atoms with Gasteiger partial charge in [-0.15, -0.1) is 0 Å². The van der Waals surface area contributed by atoms with Crippen LogP contribution in [0.1, 0.15) is 46.0 Å². The molecule has 1 aromatic carbocycles. The molecule has 1 saturated carbocycles. The van der Waals surface area contributed by atoms with Gasteiger partial charge in [-0.05, 0) is 36.3 Å². The number of non-ortho nitro benzene ring substituents is 1. The van der Waals surface area contributed by atoms with Crippen molar-refractivity contribution in [2.45, 2.75) is 63.9 Å². The first-order valence-corrected chi connectivity index (χ1v) is 10.7. The molecule has 0 bridgehead atoms. The Labute approximate surface area is 201 Å². The van der Waals surface area contributed by atoms with Gasteiger partial charge in [0.1, 0.15) is 5.69 Å². The van der Waals surface area contributed by atoms with Crippen molar-refractivity contribution in [2.24, 2.45) is 16.4 Å². The minimum Gasteiger partial charge on any atom is -0.373 e. The number of nitro groups is 2. The first kappa shape index (κ1) is 29.0. The summed E-state index contributed by atoms with van der Waals surface area (Å²) >= 11 is 0. The van der Waals surface area contributed by atoms with Crippen LogP contribution in [0, 0.1) is 31.6 Å². The summed E-state index contributed by atoms with van der Waals surface area (Å²) in [6.07, 6.45) is -8.80. The summed E-state index contributed by atoms with van der Waals surface area (Å²) in [5, 5.41) is 35.3. The van der Waals surface area contributed by atoms with Crippen molar-refractivity contribution >= 4 is 22.8 Å². The molecular formula is C21H24F6N4O5. The molecule has 200 valence electrons. The molecule has 15 heteroatoms. The monoisotopic (exact) mass is 526 g/mol. The van der Waals surface area contributed by atoms with Crippen LogP contribution in [0.3, 0.4) is 0 Å². The van der Waals surface area contributed by atoms with Crippen LogP contribution in [-0.2, 0) is 0 Å². The van der Waals surface area contributed by atoms with Gasteiger partial charge < -0.3 is 5.11 Å². The topological polar surface area (TPSA) is 131 Å². The van der Waals surface area contributed by atoms with Crippen LogP contribution >= 0.6 is 0 Å². The fraction of sp³-hybridized carbons (Fsp3) is 0.571. The Bertz CT molecular complexity index is 1040. The highest BCUT2D eigenvalue weighted by Crippen LogP contribution is 2.46. The smallest absolute Gasteiger partial charge is 0.373 e. The first-order chi connectivity index (χ1) is 16.4. The van der Waals surface area contributed by atoms with Gasteiger partial charge in [-0.3, -0.25) is 25.7 Å². The number of anilines is 1. The number of nitrogens with one attached hydrogen (secondary N) is 1. The van der Waals surface area contributed by atoms with Gasteiger partial charge in [0.25, 0.3) is 11.3 Å². The van der Waals surface area contributed by atoms with E-state index >= 15 is 0 Å². The molecule has 9 nitrogen and oxygen atoms in total. The number of rotatable bonds is 8. The van der Waals surface area contributed by atoms with Gasteiger partial charge in [-0.2, -0.15) is 31.4 Å². The molecule has 0 heterocycles. The number of alkyl halides is 6. The number of nitro benzene ring substituents is 2. The van der Waals surface area contributed by atoms with Crippen molar-refractivity contribution < 1.29 is 41.3 Å². The summed E-state index contributed by atoms with van der Waals surface area (Å²) in [4.78, 5) is 20.2. The lowest BCUT2D eigenvalue weighted by Gasteiger charge is -2.37. The molecule has 1 aromatic rings. The molecule has 2 N–H and O–H groups in total. The molecule has 0 unspecified atom stereocenters. The van der Waals surface area contributed by atoms with Crippen molar-refractivity contribution in [1.29, 1.82) is 0 Å². The Balaban J connectivity index is 2.53. The second-order valence-corrected chi connectivity index (χ2v) is 9.16. The number of allylic oxidation sites excluding steroid dienone is 2. The van der Waals surface area contributed by atoms with Crippen LogP contribution in [0.2, 0.25) is 0 Å². The van der Waals surface area contributed by atoms with E-state index in [2.05, 4.69) is 5.10 Å². The van der Waals surface area contributed by atoms with Gasteiger partial charge in [-0.1, -0.05) is 32.8 Å². The quantitative estimate of drug-likeness (QED) is 0.177. The molecule has 0 amide bonds. The van der Waals surface area contributed by atoms with Crippen molar-refractivity contribution in [3.8, 4) is 0 Å². The van der Waals surface area contributed by atoms with E-state index in [1.807, 2.05) is 19.3 Å². The molecular weight excluding hydrogens is 502 g/mol. The lowest BCUT2D eigenvalue weighted by Crippen LogP contribution is -2.57. The maximum absolute atomic E-state index is 13.3. The largest absolute Gasteiger partial charge is 0.426 e. The van der Waals surface area contributed by atoms with E-state index in [0.29, 0.717) is 12.5 Å². The molecule has 0 aliphatic heterocycles. The minimum atomic E-state index is -6.11. The summed E-state index contributed by atoms with van der Waals surface area (Å²) in [6, 6.07) is 2.23. The summed E-state index contributed by atoms with van der Waals surface area (Å²) in [5.41, 5.74) is -6.37. The van der Waals surface area contributed by atoms with Crippen molar-refractivity contribution in [2.75, 3.05) is 5.43 Å². The number of hydrogen-bond acceptors (Lipinski definition) is 7. The molecule has 0 aromatic heterocycles. The van der Waals surface area contributed by atoms with Crippen LogP contribution in [0.5, 0.6) is 0 Å². The standard InChI is InChI=1S/C21H24F6N4O5/c1-18(2)10-4-3-5-13(18)6-7-14(12-19(32,20(22,23)24)21(25,26)27)28-29-16-9-8-15(30(33)34)11-17(16)31(35)36/h6-9,11,13,29,32H,3-5,10,12H2,1-2H3/b7-6-,28-14-/t13-/m1/s1. The lowest BCUT2D eigenvalue weighted by atomic mass is 9.69. The van der Waals surface area contributed by atoms with E-state index in [4.69, 9.17) is 0 Å². The summed E-state index contributed by atoms with van der Waals surface area (Å²) < 4.78 is 79.9. The third-order valence-corrected chi connectivity index (χ3v) is 6.19. The van der Waals surface area contributed by atoms with Gasteiger partial charge in [0.2, 0.25) is 0 Å². The normalized spacial score (nSPS) is 19.4. The molecule has 0 spiro atoms. The number of aliphatic hydroxyl groups is 1. The van der Waals surface area contributed by atoms with E-state index in [9.17, 15) is 51.7 Å². The average molecular weight is 526 g/mol. The van der Waals surface area contributed by atoms with Crippen LogP contribution < -0.4 is 5.43 Å². The second-order valence-electron chi connectivity index (χ2n) is 9.16. The number of halogens is 6. The van der Waals surface area contributed by atoms with Gasteiger partial charge in [0, 0.05) is 12.5 Å². The Morgan fingerprint density at radius 1 is 1.14 bits per heavy atom. The first-order valence-electron chi connectivity index (χ1n) is 10.7. The van der Waals surface area contributed by atoms with Gasteiger partial charge in [0.15, 0.2) is 0 Å². The third kappa shape index (κ3) is 6.50. The zero-order valence-corrected chi connectivity index (χ0v) is 19.2. The summed E-state index contributed by atoms with van der Waals surface area (Å²) in [6.45, 7) is 3.80. The molecule has 1 fully saturated rings. The molecule has 2 rings (SSSR count). The number of hydrazone groups is 1. The Hall–Kier alpha value is -3.23. The molecule has 0 saturated heterocycles. The third-order valence-electron chi connectivity index (χ3n) is 6.19. The summed E-state index contributed by atoms with van der Waals surface area (Å²) in [7, 11) is 0. The van der Waals surface area contributed by atoms with Crippen LogP contribution in [0.25, 0.3) is 0 Å². The van der Waals surface area contributed by atoms with Gasteiger partial charge in [-0.25, -0.2) is 0 Å². The SMILES string of the molecule is CC1(C)CCCC[C@@H]1/C=C\C(CC(O)(C(F)(F)F)C(F)(F)F)=N\Nc1ccc([N+](=O)[O-])cc1[N+](=O)[O-]. The second kappa shape index (κ2) is 10.4. The highest BCUT2D eigenvalue weighted by Gasteiger charge is 2.70. The Morgan fingerprint density at radius 3 is 2.25 bits per heavy atom. The number of benzene rings is 1. The molecule has 36 heavy (non-hydrogen) atoms. The Morgan fingerprint density at radius 2 is 1.75 bits per heavy atom. The zero-order valence-electron chi connectivity index (χ0n) is 19.2. The zero-order chi connectivity index (χ0) is 27.5. The van der Waals surface area contributed by atoms with Crippen LogP contribution in [0.4, 0.5) is 43.4 Å².